The van der Waals surface area contributed by atoms with Crippen LogP contribution in [-0.4, -0.2) is 18.5 Å². The van der Waals surface area contributed by atoms with Crippen LogP contribution in [0.5, 0.6) is 11.5 Å². The first-order chi connectivity index (χ1) is 8.79. The van der Waals surface area contributed by atoms with Gasteiger partial charge >= 0.3 is 0 Å². The summed E-state index contributed by atoms with van der Waals surface area (Å²) in [6.45, 7) is 8.20. The lowest BCUT2D eigenvalue weighted by Crippen LogP contribution is -2.33. The van der Waals surface area contributed by atoms with E-state index in [0.29, 0.717) is 11.4 Å². The molecule has 0 fully saturated rings. The Kier molecular flexibility index (Phi) is 5.64. The Balaban J connectivity index is 2.91. The third-order valence-corrected chi connectivity index (χ3v) is 3.86. The first-order valence-corrected chi connectivity index (χ1v) is 7.24. The van der Waals surface area contributed by atoms with Crippen LogP contribution in [0.4, 0.5) is 0 Å². The van der Waals surface area contributed by atoms with Gasteiger partial charge in [0.1, 0.15) is 0 Å². The van der Waals surface area contributed by atoms with Crippen molar-refractivity contribution in [2.24, 2.45) is 5.41 Å². The molecule has 0 amide bonds. The second-order valence-corrected chi connectivity index (χ2v) is 6.60. The molecule has 0 bridgehead atoms. The fourth-order valence-corrected chi connectivity index (χ4v) is 2.00. The molecule has 1 aromatic carbocycles. The number of hydrogen-bond donors (Lipinski definition) is 1. The molecule has 108 valence electrons. The van der Waals surface area contributed by atoms with Crippen LogP contribution in [0, 0.1) is 5.41 Å². The third kappa shape index (κ3) is 4.36. The van der Waals surface area contributed by atoms with Gasteiger partial charge in [-0.25, -0.2) is 0 Å². The summed E-state index contributed by atoms with van der Waals surface area (Å²) < 4.78 is 11.1. The van der Waals surface area contributed by atoms with Gasteiger partial charge in [-0.2, -0.15) is 0 Å². The molecule has 0 heterocycles. The van der Waals surface area contributed by atoms with Crippen molar-refractivity contribution >= 4 is 9.24 Å². The molecule has 0 radical (unpaired) electrons. The van der Waals surface area contributed by atoms with Crippen LogP contribution in [0.1, 0.15) is 45.3 Å². The minimum atomic E-state index is -0.401. The molecule has 0 spiro atoms. The predicted molar refractivity (Wildman–Crippen MR) is 81.7 cm³/mol. The molecule has 0 aliphatic rings. The van der Waals surface area contributed by atoms with Gasteiger partial charge in [-0.05, 0) is 29.8 Å². The van der Waals surface area contributed by atoms with Crippen molar-refractivity contribution in [3.8, 4) is 11.5 Å². The first-order valence-electron chi connectivity index (χ1n) is 6.57. The Hall–Kier alpha value is -0.790. The number of phenols is 1. The molecule has 0 aromatic heterocycles. The summed E-state index contributed by atoms with van der Waals surface area (Å²) in [6, 6.07) is 5.53. The summed E-state index contributed by atoms with van der Waals surface area (Å²) in [5.74, 6) is 0.614. The molecule has 3 atom stereocenters. The Labute approximate surface area is 118 Å². The zero-order chi connectivity index (χ0) is 14.6. The minimum absolute atomic E-state index is 0.157. The van der Waals surface area contributed by atoms with Crippen molar-refractivity contribution in [3.05, 3.63) is 23.8 Å². The van der Waals surface area contributed by atoms with Crippen molar-refractivity contribution < 1.29 is 14.6 Å². The van der Waals surface area contributed by atoms with Gasteiger partial charge in [0.25, 0.3) is 0 Å². The van der Waals surface area contributed by atoms with E-state index in [2.05, 4.69) is 16.2 Å². The number of ether oxygens (including phenoxy) is 2. The Morgan fingerprint density at radius 3 is 2.37 bits per heavy atom. The lowest BCUT2D eigenvalue weighted by atomic mass is 9.96. The van der Waals surface area contributed by atoms with E-state index in [1.165, 1.54) is 0 Å². The number of rotatable bonds is 5. The van der Waals surface area contributed by atoms with E-state index in [1.54, 1.807) is 19.2 Å². The molecular weight excluding hydrogens is 259 g/mol. The summed E-state index contributed by atoms with van der Waals surface area (Å²) in [7, 11) is 4.38. The number of benzene rings is 1. The van der Waals surface area contributed by atoms with Crippen LogP contribution in [0.15, 0.2) is 18.2 Å². The highest BCUT2D eigenvalue weighted by Crippen LogP contribution is 2.36. The second-order valence-electron chi connectivity index (χ2n) is 5.79. The molecule has 0 aliphatic heterocycles. The molecule has 19 heavy (non-hydrogen) atoms. The molecule has 3 nitrogen and oxygen atoms in total. The molecule has 0 saturated carbocycles. The van der Waals surface area contributed by atoms with Gasteiger partial charge in [0.2, 0.25) is 6.29 Å². The van der Waals surface area contributed by atoms with Crippen LogP contribution >= 0.6 is 9.24 Å². The SMILES string of the molecule is CCC(P)c1ccc(OC(OC)C(C)(C)C)c(O)c1. The highest BCUT2D eigenvalue weighted by atomic mass is 31.0. The second kappa shape index (κ2) is 6.58. The number of hydrogen-bond acceptors (Lipinski definition) is 3. The molecule has 3 unspecified atom stereocenters. The predicted octanol–water partition coefficient (Wildman–Crippen LogP) is 4.12. The van der Waals surface area contributed by atoms with Crippen LogP contribution < -0.4 is 4.74 Å². The average Bonchev–Trinajstić information content (AvgIpc) is 2.34. The van der Waals surface area contributed by atoms with Crippen molar-refractivity contribution in [2.75, 3.05) is 7.11 Å². The smallest absolute Gasteiger partial charge is 0.204 e. The molecule has 1 N–H and O–H groups in total. The summed E-state index contributed by atoms with van der Waals surface area (Å²) >= 11 is 0. The average molecular weight is 284 g/mol. The van der Waals surface area contributed by atoms with E-state index >= 15 is 0 Å². The standard InChI is InChI=1S/C15H25O3P/c1-6-13(19)10-7-8-12(11(16)9-10)18-14(17-5)15(2,3)4/h7-9,13-14,16H,6,19H2,1-5H3. The maximum absolute atomic E-state index is 10.1. The van der Waals surface area contributed by atoms with E-state index in [-0.39, 0.29) is 11.2 Å². The molecule has 1 rings (SSSR count). The highest BCUT2D eigenvalue weighted by molar-refractivity contribution is 7.17. The minimum Gasteiger partial charge on any atom is -0.504 e. The molecule has 0 saturated heterocycles. The fraction of sp³-hybridized carbons (Fsp3) is 0.600. The third-order valence-electron chi connectivity index (χ3n) is 3.01. The van der Waals surface area contributed by atoms with E-state index in [0.717, 1.165) is 12.0 Å². The van der Waals surface area contributed by atoms with Crippen molar-refractivity contribution in [1.82, 2.24) is 0 Å². The van der Waals surface area contributed by atoms with Gasteiger partial charge in [-0.3, -0.25) is 0 Å². The van der Waals surface area contributed by atoms with Crippen LogP contribution in [0.2, 0.25) is 0 Å². The van der Waals surface area contributed by atoms with Crippen molar-refractivity contribution in [1.29, 1.82) is 0 Å². The Morgan fingerprint density at radius 2 is 1.95 bits per heavy atom. The Bertz CT molecular complexity index is 412. The van der Waals surface area contributed by atoms with Gasteiger partial charge in [0.15, 0.2) is 11.5 Å². The number of aromatic hydroxyl groups is 1. The monoisotopic (exact) mass is 284 g/mol. The first kappa shape index (κ1) is 16.3. The van der Waals surface area contributed by atoms with E-state index in [4.69, 9.17) is 9.47 Å². The lowest BCUT2D eigenvalue weighted by Gasteiger charge is -2.29. The normalized spacial score (nSPS) is 15.1. The largest absolute Gasteiger partial charge is 0.504 e. The van der Waals surface area contributed by atoms with Gasteiger partial charge in [0.05, 0.1) is 0 Å². The molecule has 4 heteroatoms. The van der Waals surface area contributed by atoms with E-state index in [9.17, 15) is 5.11 Å². The zero-order valence-electron chi connectivity index (χ0n) is 12.4. The lowest BCUT2D eigenvalue weighted by molar-refractivity contribution is -0.121. The molecular formula is C15H25O3P. The highest BCUT2D eigenvalue weighted by Gasteiger charge is 2.27. The van der Waals surface area contributed by atoms with E-state index < -0.39 is 6.29 Å². The number of phenolic OH excluding ortho intramolecular Hbond substituents is 1. The fourth-order valence-electron chi connectivity index (χ4n) is 1.79. The van der Waals surface area contributed by atoms with Gasteiger partial charge in [0, 0.05) is 12.5 Å². The zero-order valence-corrected chi connectivity index (χ0v) is 13.6. The summed E-state index contributed by atoms with van der Waals surface area (Å²) in [5, 5.41) is 10.1. The van der Waals surface area contributed by atoms with Crippen LogP contribution in [0.3, 0.4) is 0 Å². The molecule has 0 aliphatic carbocycles. The molecule has 1 aromatic rings. The van der Waals surface area contributed by atoms with Crippen molar-refractivity contribution in [3.63, 3.8) is 0 Å². The summed E-state index contributed by atoms with van der Waals surface area (Å²) in [5.41, 5.74) is 1.27. The number of methoxy groups -OCH3 is 1. The Morgan fingerprint density at radius 1 is 1.32 bits per heavy atom. The maximum atomic E-state index is 10.1. The van der Waals surface area contributed by atoms with Crippen molar-refractivity contribution in [2.45, 2.75) is 46.1 Å². The quantitative estimate of drug-likeness (QED) is 0.653. The topological polar surface area (TPSA) is 38.7 Å². The van der Waals surface area contributed by atoms with Gasteiger partial charge in [-0.15, -0.1) is 9.24 Å². The maximum Gasteiger partial charge on any atom is 0.204 e. The van der Waals surface area contributed by atoms with E-state index in [1.807, 2.05) is 26.8 Å². The van der Waals surface area contributed by atoms with Gasteiger partial charge < -0.3 is 14.6 Å². The van der Waals surface area contributed by atoms with Crippen LogP contribution in [-0.2, 0) is 4.74 Å². The summed E-state index contributed by atoms with van der Waals surface area (Å²) in [6.07, 6.45) is 0.606. The van der Waals surface area contributed by atoms with Crippen LogP contribution in [0.25, 0.3) is 0 Å². The van der Waals surface area contributed by atoms with Gasteiger partial charge in [-0.1, -0.05) is 33.8 Å². The summed E-state index contributed by atoms with van der Waals surface area (Å²) in [4.78, 5) is 0.